The topological polar surface area (TPSA) is 78.5 Å². The molecule has 0 spiro atoms. The summed E-state index contributed by atoms with van der Waals surface area (Å²) < 4.78 is 0. The lowest BCUT2D eigenvalue weighted by Gasteiger charge is -2.33. The zero-order valence-corrected chi connectivity index (χ0v) is 16.5. The van der Waals surface area contributed by atoms with Gasteiger partial charge in [-0.25, -0.2) is 0 Å². The van der Waals surface area contributed by atoms with Gasteiger partial charge < -0.3 is 4.90 Å². The van der Waals surface area contributed by atoms with Crippen LogP contribution < -0.4 is 10.9 Å². The molecule has 1 aromatic heterocycles. The maximum atomic E-state index is 12.4. The quantitative estimate of drug-likeness (QED) is 0.793. The average molecular weight is 378 g/mol. The zero-order valence-electron chi connectivity index (χ0n) is 15.7. The molecule has 26 heavy (non-hydrogen) atoms. The minimum Gasteiger partial charge on any atom is -0.333 e. The Morgan fingerprint density at radius 1 is 1.27 bits per heavy atom. The molecule has 1 aliphatic heterocycles. The van der Waals surface area contributed by atoms with Gasteiger partial charge in [0.2, 0.25) is 5.91 Å². The molecular weight excluding hydrogens is 350 g/mol. The molecule has 2 heterocycles. The summed E-state index contributed by atoms with van der Waals surface area (Å²) in [5.41, 5.74) is 6.42. The summed E-state index contributed by atoms with van der Waals surface area (Å²) >= 11 is 1.51. The van der Waals surface area contributed by atoms with Gasteiger partial charge in [0.05, 0.1) is 4.88 Å². The van der Waals surface area contributed by atoms with Crippen LogP contribution in [0.15, 0.2) is 6.07 Å². The minimum absolute atomic E-state index is 0.00663. The molecule has 2 N–H and O–H groups in total. The van der Waals surface area contributed by atoms with Gasteiger partial charge in [-0.15, -0.1) is 11.3 Å². The molecule has 1 fully saturated rings. The predicted octanol–water partition coefficient (Wildman–Crippen LogP) is 2.28. The van der Waals surface area contributed by atoms with Crippen LogP contribution in [0.2, 0.25) is 0 Å². The van der Waals surface area contributed by atoms with E-state index in [2.05, 4.69) is 31.6 Å². The predicted molar refractivity (Wildman–Crippen MR) is 101 cm³/mol. The Bertz CT molecular complexity index is 720. The van der Waals surface area contributed by atoms with Crippen molar-refractivity contribution < 1.29 is 14.4 Å². The van der Waals surface area contributed by atoms with Crippen LogP contribution in [0.4, 0.5) is 0 Å². The van der Waals surface area contributed by atoms with Gasteiger partial charge >= 0.3 is 0 Å². The lowest BCUT2D eigenvalue weighted by atomic mass is 9.72. The number of hydrogen-bond donors (Lipinski definition) is 2. The molecule has 0 aromatic carbocycles. The van der Waals surface area contributed by atoms with Crippen LogP contribution in [-0.2, 0) is 22.4 Å². The molecule has 1 aromatic rings. The molecule has 0 bridgehead atoms. The van der Waals surface area contributed by atoms with Crippen molar-refractivity contribution in [1.29, 1.82) is 0 Å². The Hall–Kier alpha value is -1.89. The van der Waals surface area contributed by atoms with E-state index < -0.39 is 0 Å². The van der Waals surface area contributed by atoms with E-state index in [1.807, 2.05) is 6.07 Å². The Kier molecular flexibility index (Phi) is 5.37. The van der Waals surface area contributed by atoms with Crippen molar-refractivity contribution in [2.24, 2.45) is 11.3 Å². The maximum Gasteiger partial charge on any atom is 0.279 e. The number of likely N-dealkylation sites (tertiary alicyclic amines) is 1. The Morgan fingerprint density at radius 3 is 2.69 bits per heavy atom. The fourth-order valence-corrected chi connectivity index (χ4v) is 4.75. The van der Waals surface area contributed by atoms with Crippen molar-refractivity contribution in [3.8, 4) is 0 Å². The third-order valence-electron chi connectivity index (χ3n) is 5.35. The Balaban J connectivity index is 1.54. The first-order chi connectivity index (χ1) is 12.2. The third-order valence-corrected chi connectivity index (χ3v) is 6.59. The number of hydrazine groups is 1. The Labute approximate surface area is 158 Å². The number of carbonyl (C=O) groups excluding carboxylic acids is 3. The van der Waals surface area contributed by atoms with Gasteiger partial charge in [-0.3, -0.25) is 25.2 Å². The van der Waals surface area contributed by atoms with Gasteiger partial charge in [-0.2, -0.15) is 0 Å². The van der Waals surface area contributed by atoms with Gasteiger partial charge in [0.1, 0.15) is 6.54 Å². The van der Waals surface area contributed by atoms with Crippen molar-refractivity contribution in [3.05, 3.63) is 21.4 Å². The summed E-state index contributed by atoms with van der Waals surface area (Å²) in [7, 11) is 0. The summed E-state index contributed by atoms with van der Waals surface area (Å²) in [5.74, 6) is -0.0513. The minimum atomic E-state index is -0.372. The molecule has 0 saturated carbocycles. The van der Waals surface area contributed by atoms with Crippen LogP contribution in [0, 0.1) is 11.3 Å². The van der Waals surface area contributed by atoms with Crippen molar-refractivity contribution >= 4 is 29.1 Å². The third kappa shape index (κ3) is 4.26. The van der Waals surface area contributed by atoms with Crippen LogP contribution in [-0.4, -0.2) is 35.7 Å². The first kappa shape index (κ1) is 18.9. The molecule has 142 valence electrons. The number of nitrogens with zero attached hydrogens (tertiary/aromatic N) is 1. The molecular formula is C19H27N3O3S. The summed E-state index contributed by atoms with van der Waals surface area (Å²) in [6, 6.07) is 1.96. The summed E-state index contributed by atoms with van der Waals surface area (Å²) in [6.45, 7) is 7.40. The second-order valence-electron chi connectivity index (χ2n) is 8.29. The highest BCUT2D eigenvalue weighted by Gasteiger charge is 2.30. The standard InChI is InChI=1S/C19H27N3O3S/c1-19(2,3)13-6-7-14-12(9-13)10-15(26-14)18(25)21-20-16(23)11-22-8-4-5-17(22)24/h10,13H,4-9,11H2,1-3H3,(H,20,23)(H,21,25)/t13-/m0/s1. The average Bonchev–Trinajstić information content (AvgIpc) is 3.17. The number of carbonyl (C=O) groups is 3. The summed E-state index contributed by atoms with van der Waals surface area (Å²) in [6.07, 6.45) is 4.45. The molecule has 1 atom stereocenters. The molecule has 2 aliphatic rings. The molecule has 1 saturated heterocycles. The second kappa shape index (κ2) is 7.39. The first-order valence-corrected chi connectivity index (χ1v) is 10.0. The van der Waals surface area contributed by atoms with E-state index in [1.54, 1.807) is 0 Å². The van der Waals surface area contributed by atoms with E-state index in [0.29, 0.717) is 23.8 Å². The van der Waals surface area contributed by atoms with Gasteiger partial charge in [-0.05, 0) is 48.6 Å². The van der Waals surface area contributed by atoms with E-state index in [9.17, 15) is 14.4 Å². The van der Waals surface area contributed by atoms with Crippen molar-refractivity contribution in [1.82, 2.24) is 15.8 Å². The normalized spacial score (nSPS) is 20.0. The highest BCUT2D eigenvalue weighted by molar-refractivity contribution is 7.14. The number of hydrogen-bond acceptors (Lipinski definition) is 4. The van der Waals surface area contributed by atoms with E-state index in [0.717, 1.165) is 25.7 Å². The van der Waals surface area contributed by atoms with Crippen LogP contribution in [0.5, 0.6) is 0 Å². The molecule has 0 radical (unpaired) electrons. The number of thiophene rings is 1. The van der Waals surface area contributed by atoms with Gasteiger partial charge in [0, 0.05) is 17.8 Å². The molecule has 0 unspecified atom stereocenters. The maximum absolute atomic E-state index is 12.4. The number of amides is 3. The molecule has 3 rings (SSSR count). The second-order valence-corrected chi connectivity index (χ2v) is 9.42. The lowest BCUT2D eigenvalue weighted by molar-refractivity contribution is -0.133. The molecule has 7 heteroatoms. The summed E-state index contributed by atoms with van der Waals surface area (Å²) in [5, 5.41) is 0. The monoisotopic (exact) mass is 377 g/mol. The van der Waals surface area contributed by atoms with Crippen molar-refractivity contribution in [2.75, 3.05) is 13.1 Å². The summed E-state index contributed by atoms with van der Waals surface area (Å²) in [4.78, 5) is 39.2. The van der Waals surface area contributed by atoms with Crippen LogP contribution in [0.25, 0.3) is 0 Å². The SMILES string of the molecule is CC(C)(C)[C@H]1CCc2sc(C(=O)NNC(=O)CN3CCCC3=O)cc2C1. The highest BCUT2D eigenvalue weighted by atomic mass is 32.1. The lowest BCUT2D eigenvalue weighted by Crippen LogP contribution is -2.46. The molecule has 6 nitrogen and oxygen atoms in total. The fourth-order valence-electron chi connectivity index (χ4n) is 3.65. The van der Waals surface area contributed by atoms with E-state index in [4.69, 9.17) is 0 Å². The fraction of sp³-hybridized carbons (Fsp3) is 0.632. The van der Waals surface area contributed by atoms with Crippen molar-refractivity contribution in [3.63, 3.8) is 0 Å². The molecule has 3 amide bonds. The van der Waals surface area contributed by atoms with Crippen LogP contribution >= 0.6 is 11.3 Å². The van der Waals surface area contributed by atoms with Gasteiger partial charge in [0.15, 0.2) is 0 Å². The highest BCUT2D eigenvalue weighted by Crippen LogP contribution is 2.40. The van der Waals surface area contributed by atoms with Crippen LogP contribution in [0.1, 0.15) is 60.1 Å². The smallest absolute Gasteiger partial charge is 0.279 e. The van der Waals surface area contributed by atoms with Gasteiger partial charge in [-0.1, -0.05) is 20.8 Å². The zero-order chi connectivity index (χ0) is 18.9. The first-order valence-electron chi connectivity index (χ1n) is 9.22. The van der Waals surface area contributed by atoms with Gasteiger partial charge in [0.25, 0.3) is 11.8 Å². The number of fused-ring (bicyclic) bond motifs is 1. The Morgan fingerprint density at radius 2 is 2.04 bits per heavy atom. The van der Waals surface area contributed by atoms with Crippen LogP contribution in [0.3, 0.4) is 0 Å². The number of aryl methyl sites for hydroxylation is 1. The van der Waals surface area contributed by atoms with E-state index in [1.165, 1.54) is 26.7 Å². The van der Waals surface area contributed by atoms with Crippen molar-refractivity contribution in [2.45, 2.75) is 52.9 Å². The molecule has 1 aliphatic carbocycles. The van der Waals surface area contributed by atoms with E-state index >= 15 is 0 Å². The van der Waals surface area contributed by atoms with E-state index in [-0.39, 0.29) is 29.7 Å². The number of nitrogens with one attached hydrogen (secondary N) is 2. The number of rotatable bonds is 3. The largest absolute Gasteiger partial charge is 0.333 e.